The number of carbonyl (C=O) groups is 1. The molecule has 1 amide bonds. The lowest BCUT2D eigenvalue weighted by Crippen LogP contribution is -2.49. The normalized spacial score (nSPS) is 16.5. The van der Waals surface area contributed by atoms with Crippen molar-refractivity contribution in [3.8, 4) is 0 Å². The number of hydrogen-bond donors (Lipinski definition) is 0. The maximum absolute atomic E-state index is 13.2. The van der Waals surface area contributed by atoms with E-state index in [-0.39, 0.29) is 11.7 Å². The number of amides is 1. The minimum absolute atomic E-state index is 0.0935. The maximum atomic E-state index is 13.2. The summed E-state index contributed by atoms with van der Waals surface area (Å²) in [5.41, 5.74) is 2.14. The molecule has 0 atom stereocenters. The summed E-state index contributed by atoms with van der Waals surface area (Å²) in [4.78, 5) is 19.3. The first-order chi connectivity index (χ1) is 17.2. The van der Waals surface area contributed by atoms with E-state index < -0.39 is 0 Å². The molecular weight excluding hydrogens is 467 g/mol. The molecule has 184 valence electrons. The van der Waals surface area contributed by atoms with Crippen molar-refractivity contribution in [2.45, 2.75) is 11.7 Å². The van der Waals surface area contributed by atoms with E-state index in [1.165, 1.54) is 23.9 Å². The van der Waals surface area contributed by atoms with E-state index >= 15 is 0 Å². The molecule has 0 bridgehead atoms. The van der Waals surface area contributed by atoms with E-state index in [2.05, 4.69) is 36.7 Å². The highest BCUT2D eigenvalue weighted by molar-refractivity contribution is 7.99. The quantitative estimate of drug-likeness (QED) is 0.466. The Kier molecular flexibility index (Phi) is 7.48. The molecule has 5 rings (SSSR count). The monoisotopic (exact) mass is 496 g/mol. The number of nitrogens with zero attached hydrogens (tertiary/aromatic N) is 6. The minimum Gasteiger partial charge on any atom is -0.378 e. The minimum atomic E-state index is -0.239. The van der Waals surface area contributed by atoms with Gasteiger partial charge in [0, 0.05) is 45.0 Å². The first kappa shape index (κ1) is 23.6. The molecule has 0 aliphatic carbocycles. The van der Waals surface area contributed by atoms with Crippen LogP contribution in [0.15, 0.2) is 59.8 Å². The summed E-state index contributed by atoms with van der Waals surface area (Å²) in [6, 6.07) is 16.7. The van der Waals surface area contributed by atoms with E-state index in [0.717, 1.165) is 48.5 Å². The van der Waals surface area contributed by atoms with Crippen LogP contribution in [-0.4, -0.2) is 83.8 Å². The van der Waals surface area contributed by atoms with Gasteiger partial charge in [0.05, 0.1) is 25.5 Å². The highest BCUT2D eigenvalue weighted by atomic mass is 32.2. The van der Waals surface area contributed by atoms with Crippen molar-refractivity contribution in [3.63, 3.8) is 0 Å². The number of halogens is 1. The van der Waals surface area contributed by atoms with Gasteiger partial charge in [0.2, 0.25) is 11.9 Å². The molecule has 3 heterocycles. The number of piperazine rings is 1. The number of rotatable bonds is 7. The third-order valence-electron chi connectivity index (χ3n) is 6.32. The molecule has 0 spiro atoms. The lowest BCUT2D eigenvalue weighted by molar-refractivity contribution is -0.128. The molecule has 2 aliphatic rings. The largest absolute Gasteiger partial charge is 0.378 e. The third kappa shape index (κ3) is 5.76. The molecule has 2 aromatic carbocycles. The zero-order valence-corrected chi connectivity index (χ0v) is 20.4. The summed E-state index contributed by atoms with van der Waals surface area (Å²) in [7, 11) is 0. The van der Waals surface area contributed by atoms with E-state index in [4.69, 9.17) is 4.74 Å². The van der Waals surface area contributed by atoms with Gasteiger partial charge in [-0.1, -0.05) is 42.1 Å². The summed E-state index contributed by atoms with van der Waals surface area (Å²) in [6.45, 7) is 6.28. The van der Waals surface area contributed by atoms with Crippen LogP contribution in [0, 0.1) is 5.82 Å². The average molecular weight is 497 g/mol. The second-order valence-electron chi connectivity index (χ2n) is 8.59. The van der Waals surface area contributed by atoms with Crippen molar-refractivity contribution in [2.75, 3.05) is 68.0 Å². The molecule has 8 nitrogen and oxygen atoms in total. The standard InChI is InChI=1S/C25H29FN6O2S/c26-21-6-8-22(9-7-21)29-10-12-30(13-11-29)23(33)19-35-25-28-27-24(31-14-16-34-17-15-31)32(25)18-20-4-2-1-3-5-20/h1-9H,10-19H2. The van der Waals surface area contributed by atoms with E-state index in [0.29, 0.717) is 38.6 Å². The Balaban J connectivity index is 1.22. The van der Waals surface area contributed by atoms with Gasteiger partial charge in [-0.25, -0.2) is 4.39 Å². The van der Waals surface area contributed by atoms with Crippen LogP contribution < -0.4 is 9.80 Å². The van der Waals surface area contributed by atoms with E-state index in [1.54, 1.807) is 12.1 Å². The van der Waals surface area contributed by atoms with Gasteiger partial charge in [0.25, 0.3) is 0 Å². The molecule has 0 unspecified atom stereocenters. The van der Waals surface area contributed by atoms with Gasteiger partial charge in [-0.05, 0) is 29.8 Å². The van der Waals surface area contributed by atoms with Crippen molar-refractivity contribution in [1.29, 1.82) is 0 Å². The van der Waals surface area contributed by atoms with E-state index in [1.807, 2.05) is 23.1 Å². The molecule has 0 saturated carbocycles. The van der Waals surface area contributed by atoms with Crippen molar-refractivity contribution < 1.29 is 13.9 Å². The third-order valence-corrected chi connectivity index (χ3v) is 7.28. The van der Waals surface area contributed by atoms with E-state index in [9.17, 15) is 9.18 Å². The number of benzene rings is 2. The van der Waals surface area contributed by atoms with Gasteiger partial charge in [-0.15, -0.1) is 10.2 Å². The molecule has 2 fully saturated rings. The van der Waals surface area contributed by atoms with Gasteiger partial charge in [-0.3, -0.25) is 9.36 Å². The second-order valence-corrected chi connectivity index (χ2v) is 9.53. The number of thioether (sulfide) groups is 1. The number of morpholine rings is 1. The average Bonchev–Trinajstić information content (AvgIpc) is 3.31. The smallest absolute Gasteiger partial charge is 0.233 e. The zero-order chi connectivity index (χ0) is 24.0. The number of aromatic nitrogens is 3. The van der Waals surface area contributed by atoms with Gasteiger partial charge in [0.1, 0.15) is 5.82 Å². The molecular formula is C25H29FN6O2S. The van der Waals surface area contributed by atoms with Crippen LogP contribution >= 0.6 is 11.8 Å². The van der Waals surface area contributed by atoms with Crippen LogP contribution in [0.25, 0.3) is 0 Å². The van der Waals surface area contributed by atoms with Crippen molar-refractivity contribution >= 4 is 29.3 Å². The van der Waals surface area contributed by atoms with Crippen LogP contribution in [0.4, 0.5) is 16.0 Å². The second kappa shape index (κ2) is 11.1. The number of anilines is 2. The molecule has 2 aliphatic heterocycles. The number of ether oxygens (including phenoxy) is 1. The molecule has 1 aromatic heterocycles. The van der Waals surface area contributed by atoms with Crippen molar-refractivity contribution in [1.82, 2.24) is 19.7 Å². The van der Waals surface area contributed by atoms with Crippen LogP contribution in [0.1, 0.15) is 5.56 Å². The summed E-state index contributed by atoms with van der Waals surface area (Å²) in [5.74, 6) is 0.986. The Hall–Kier alpha value is -3.11. The molecule has 3 aromatic rings. The molecule has 10 heteroatoms. The molecule has 2 saturated heterocycles. The van der Waals surface area contributed by atoms with Crippen LogP contribution in [0.2, 0.25) is 0 Å². The van der Waals surface area contributed by atoms with Crippen molar-refractivity contribution in [2.24, 2.45) is 0 Å². The van der Waals surface area contributed by atoms with Crippen LogP contribution in [-0.2, 0) is 16.1 Å². The SMILES string of the molecule is O=C(CSc1nnc(N2CCOCC2)n1Cc1ccccc1)N1CCN(c2ccc(F)cc2)CC1. The molecule has 35 heavy (non-hydrogen) atoms. The highest BCUT2D eigenvalue weighted by Crippen LogP contribution is 2.25. The topological polar surface area (TPSA) is 66.7 Å². The summed E-state index contributed by atoms with van der Waals surface area (Å²) in [5, 5.41) is 9.67. The lowest BCUT2D eigenvalue weighted by Gasteiger charge is -2.36. The first-order valence-corrected chi connectivity index (χ1v) is 12.9. The Labute approximate surface area is 208 Å². The Morgan fingerprint density at radius 1 is 0.886 bits per heavy atom. The summed E-state index contributed by atoms with van der Waals surface area (Å²) >= 11 is 1.44. The van der Waals surface area contributed by atoms with Gasteiger partial charge in [-0.2, -0.15) is 0 Å². The predicted molar refractivity (Wildman–Crippen MR) is 135 cm³/mol. The fourth-order valence-corrected chi connectivity index (χ4v) is 5.21. The Bertz CT molecular complexity index is 1110. The fourth-order valence-electron chi connectivity index (χ4n) is 4.37. The molecule has 0 N–H and O–H groups in total. The summed E-state index contributed by atoms with van der Waals surface area (Å²) in [6.07, 6.45) is 0. The first-order valence-electron chi connectivity index (χ1n) is 11.9. The zero-order valence-electron chi connectivity index (χ0n) is 19.6. The van der Waals surface area contributed by atoms with Gasteiger partial charge in [0.15, 0.2) is 5.16 Å². The van der Waals surface area contributed by atoms with Crippen LogP contribution in [0.3, 0.4) is 0 Å². The highest BCUT2D eigenvalue weighted by Gasteiger charge is 2.24. The Morgan fingerprint density at radius 3 is 2.31 bits per heavy atom. The lowest BCUT2D eigenvalue weighted by atomic mass is 10.2. The molecule has 0 radical (unpaired) electrons. The number of hydrogen-bond acceptors (Lipinski definition) is 7. The Morgan fingerprint density at radius 2 is 1.60 bits per heavy atom. The fraction of sp³-hybridized carbons (Fsp3) is 0.400. The van der Waals surface area contributed by atoms with Crippen LogP contribution in [0.5, 0.6) is 0 Å². The van der Waals surface area contributed by atoms with Gasteiger partial charge < -0.3 is 19.4 Å². The number of carbonyl (C=O) groups excluding carboxylic acids is 1. The van der Waals surface area contributed by atoms with Crippen molar-refractivity contribution in [3.05, 3.63) is 66.0 Å². The maximum Gasteiger partial charge on any atom is 0.233 e. The summed E-state index contributed by atoms with van der Waals surface area (Å²) < 4.78 is 20.8. The predicted octanol–water partition coefficient (Wildman–Crippen LogP) is 2.74. The van der Waals surface area contributed by atoms with Gasteiger partial charge >= 0.3 is 0 Å².